The summed E-state index contributed by atoms with van der Waals surface area (Å²) in [6.45, 7) is 0. The highest BCUT2D eigenvalue weighted by Crippen LogP contribution is 2.38. The zero-order chi connectivity index (χ0) is 23.5. The summed E-state index contributed by atoms with van der Waals surface area (Å²) < 4.78 is 136. The average Bonchev–Trinajstić information content (AvgIpc) is 3.44. The number of hydrogen-bond donors (Lipinski definition) is 0. The molecule has 0 amide bonds. The van der Waals surface area contributed by atoms with E-state index >= 15 is 0 Å². The van der Waals surface area contributed by atoms with Crippen molar-refractivity contribution < 1.29 is 43.9 Å². The fraction of sp³-hybridized carbons (Fsp3) is 0. The third-order valence-corrected chi connectivity index (χ3v) is 5.95. The molecule has 4 rings (SSSR count). The molecule has 0 aliphatic carbocycles. The molecule has 166 valence electrons. The van der Waals surface area contributed by atoms with Gasteiger partial charge in [0.1, 0.15) is 0 Å². The van der Waals surface area contributed by atoms with Crippen LogP contribution in [0.2, 0.25) is 0 Å². The van der Waals surface area contributed by atoms with Crippen LogP contribution in [0.25, 0.3) is 32.5 Å². The molecule has 0 saturated carbocycles. The zero-order valence-electron chi connectivity index (χ0n) is 14.6. The quantitative estimate of drug-likeness (QED) is 0.172. The monoisotopic (exact) mass is 500 g/mol. The molecule has 2 aromatic heterocycles. The molecule has 0 aliphatic rings. The summed E-state index contributed by atoms with van der Waals surface area (Å²) in [6.07, 6.45) is 0. The minimum atomic E-state index is -2.36. The number of aromatic nitrogens is 2. The third-order valence-electron chi connectivity index (χ3n) is 4.12. The average molecular weight is 500 g/mol. The second-order valence-corrected chi connectivity index (χ2v) is 7.68. The molecule has 0 unspecified atom stereocenters. The predicted molar refractivity (Wildman–Crippen MR) is 93.7 cm³/mol. The molecule has 2 aromatic carbocycles. The van der Waals surface area contributed by atoms with E-state index in [4.69, 9.17) is 0 Å². The van der Waals surface area contributed by atoms with Crippen molar-refractivity contribution in [2.75, 3.05) is 0 Å². The first-order valence-corrected chi connectivity index (χ1v) is 9.75. The maximum atomic E-state index is 14.0. The fourth-order valence-electron chi connectivity index (χ4n) is 2.63. The van der Waals surface area contributed by atoms with Crippen molar-refractivity contribution in [2.24, 2.45) is 0 Å². The number of thiazole rings is 2. The van der Waals surface area contributed by atoms with Gasteiger partial charge in [-0.05, 0) is 0 Å². The van der Waals surface area contributed by atoms with Crippen molar-refractivity contribution in [3.63, 3.8) is 0 Å². The minimum absolute atomic E-state index is 0.177. The lowest BCUT2D eigenvalue weighted by Gasteiger charge is -2.05. The van der Waals surface area contributed by atoms with Crippen LogP contribution in [-0.2, 0) is 0 Å². The second-order valence-electron chi connectivity index (χ2n) is 5.97. The van der Waals surface area contributed by atoms with Crippen LogP contribution in [0, 0.1) is 58.2 Å². The van der Waals surface area contributed by atoms with E-state index in [9.17, 15) is 43.9 Å². The van der Waals surface area contributed by atoms with Gasteiger partial charge in [0.05, 0.1) is 22.5 Å². The molecule has 0 atom stereocenters. The van der Waals surface area contributed by atoms with Crippen molar-refractivity contribution in [2.45, 2.75) is 0 Å². The van der Waals surface area contributed by atoms with Gasteiger partial charge in [-0.15, -0.1) is 22.7 Å². The Morgan fingerprint density at radius 2 is 0.656 bits per heavy atom. The molecule has 0 bridgehead atoms. The molecule has 2 nitrogen and oxygen atoms in total. The van der Waals surface area contributed by atoms with Crippen LogP contribution in [0.5, 0.6) is 0 Å². The molecule has 4 aromatic rings. The van der Waals surface area contributed by atoms with Gasteiger partial charge in [-0.1, -0.05) is 0 Å². The summed E-state index contributed by atoms with van der Waals surface area (Å²) in [5.74, 6) is -21.9. The molecule has 0 saturated heterocycles. The Morgan fingerprint density at radius 1 is 0.406 bits per heavy atom. The first-order chi connectivity index (χ1) is 15.0. The van der Waals surface area contributed by atoms with Crippen LogP contribution in [-0.4, -0.2) is 9.97 Å². The van der Waals surface area contributed by atoms with Gasteiger partial charge in [-0.3, -0.25) is 0 Å². The van der Waals surface area contributed by atoms with Crippen LogP contribution in [0.4, 0.5) is 43.9 Å². The summed E-state index contributed by atoms with van der Waals surface area (Å²) in [5, 5.41) is 1.52. The van der Waals surface area contributed by atoms with Crippen molar-refractivity contribution in [1.29, 1.82) is 0 Å². The van der Waals surface area contributed by atoms with Crippen molar-refractivity contribution in [3.8, 4) is 32.5 Å². The number of rotatable bonds is 3. The van der Waals surface area contributed by atoms with Crippen molar-refractivity contribution in [1.82, 2.24) is 9.97 Å². The van der Waals surface area contributed by atoms with Crippen molar-refractivity contribution >= 4 is 22.7 Å². The van der Waals surface area contributed by atoms with Crippen molar-refractivity contribution in [3.05, 3.63) is 68.9 Å². The molecule has 0 radical (unpaired) electrons. The van der Waals surface area contributed by atoms with Crippen LogP contribution in [0.15, 0.2) is 10.8 Å². The molecule has 14 heteroatoms. The molecule has 2 heterocycles. The molecule has 0 N–H and O–H groups in total. The van der Waals surface area contributed by atoms with Crippen LogP contribution < -0.4 is 0 Å². The predicted octanol–water partition coefficient (Wildman–Crippen LogP) is 6.99. The first-order valence-electron chi connectivity index (χ1n) is 7.99. The standard InChI is InChI=1S/C18H2F10N2S2/c19-7-5(8(20)12(24)15(27)11(7)23)3-1-31-17(29-3)18-30-4(2-32-18)6-9(21)13(25)16(28)14(26)10(6)22/h1-2H. The van der Waals surface area contributed by atoms with Gasteiger partial charge in [0.25, 0.3) is 0 Å². The molecule has 0 aliphatic heterocycles. The minimum Gasteiger partial charge on any atom is -0.233 e. The lowest BCUT2D eigenvalue weighted by Crippen LogP contribution is -2.04. The van der Waals surface area contributed by atoms with Gasteiger partial charge < -0.3 is 0 Å². The second kappa shape index (κ2) is 7.85. The number of nitrogens with zero attached hydrogens (tertiary/aromatic N) is 2. The highest BCUT2D eigenvalue weighted by atomic mass is 32.1. The number of benzene rings is 2. The summed E-state index contributed by atoms with van der Waals surface area (Å²) >= 11 is 1.25. The molecule has 0 fully saturated rings. The lowest BCUT2D eigenvalue weighted by molar-refractivity contribution is 0.381. The zero-order valence-corrected chi connectivity index (χ0v) is 16.3. The van der Waals surface area contributed by atoms with E-state index in [1.165, 1.54) is 0 Å². The van der Waals surface area contributed by atoms with E-state index in [0.29, 0.717) is 22.7 Å². The summed E-state index contributed by atoms with van der Waals surface area (Å²) in [6, 6.07) is 0. The normalized spacial score (nSPS) is 11.4. The molecular weight excluding hydrogens is 498 g/mol. The van der Waals surface area contributed by atoms with E-state index in [0.717, 1.165) is 10.8 Å². The summed E-state index contributed by atoms with van der Waals surface area (Å²) in [7, 11) is 0. The highest BCUT2D eigenvalue weighted by molar-refractivity contribution is 7.20. The highest BCUT2D eigenvalue weighted by Gasteiger charge is 2.30. The number of hydrogen-bond acceptors (Lipinski definition) is 4. The Morgan fingerprint density at radius 3 is 0.938 bits per heavy atom. The van der Waals surface area contributed by atoms with E-state index in [1.54, 1.807) is 0 Å². The van der Waals surface area contributed by atoms with Gasteiger partial charge in [0, 0.05) is 10.8 Å². The van der Waals surface area contributed by atoms with E-state index in [2.05, 4.69) is 9.97 Å². The van der Waals surface area contributed by atoms with Crippen LogP contribution >= 0.6 is 22.7 Å². The molecular formula is C18H2F10N2S2. The van der Waals surface area contributed by atoms with Gasteiger partial charge in [0.2, 0.25) is 11.6 Å². The van der Waals surface area contributed by atoms with Gasteiger partial charge in [-0.2, -0.15) is 0 Å². The lowest BCUT2D eigenvalue weighted by atomic mass is 10.1. The Labute approximate surface area is 178 Å². The summed E-state index contributed by atoms with van der Waals surface area (Å²) in [5.41, 5.74) is -3.91. The van der Waals surface area contributed by atoms with Gasteiger partial charge >= 0.3 is 0 Å². The van der Waals surface area contributed by atoms with Crippen LogP contribution in [0.1, 0.15) is 0 Å². The summed E-state index contributed by atoms with van der Waals surface area (Å²) in [4.78, 5) is 7.44. The van der Waals surface area contributed by atoms with Gasteiger partial charge in [-0.25, -0.2) is 53.9 Å². The Hall–Kier alpha value is -3.00. The van der Waals surface area contributed by atoms with Gasteiger partial charge in [0.15, 0.2) is 56.6 Å². The SMILES string of the molecule is Fc1c(F)c(F)c(-c2csc(-c3nc(-c4c(F)c(F)c(F)c(F)c4F)cs3)n2)c(F)c1F. The molecule has 0 spiro atoms. The van der Waals surface area contributed by atoms with Crippen LogP contribution in [0.3, 0.4) is 0 Å². The van der Waals surface area contributed by atoms with E-state index in [1.807, 2.05) is 0 Å². The maximum Gasteiger partial charge on any atom is 0.200 e. The fourth-order valence-corrected chi connectivity index (χ4v) is 4.30. The first kappa shape index (κ1) is 22.2. The van der Waals surface area contributed by atoms with E-state index in [-0.39, 0.29) is 10.0 Å². The Balaban J connectivity index is 1.79. The Bertz CT molecular complexity index is 1230. The Kier molecular flexibility index (Phi) is 5.45. The third kappa shape index (κ3) is 3.24. The maximum absolute atomic E-state index is 14.0. The topological polar surface area (TPSA) is 25.8 Å². The van der Waals surface area contributed by atoms with E-state index < -0.39 is 80.7 Å². The smallest absolute Gasteiger partial charge is 0.200 e. The molecule has 32 heavy (non-hydrogen) atoms. The largest absolute Gasteiger partial charge is 0.233 e. The number of halogens is 10.